The van der Waals surface area contributed by atoms with E-state index in [9.17, 15) is 19.2 Å². The van der Waals surface area contributed by atoms with Crippen molar-refractivity contribution in [1.29, 1.82) is 0 Å². The van der Waals surface area contributed by atoms with Crippen LogP contribution in [0.4, 0.5) is 5.69 Å². The van der Waals surface area contributed by atoms with Gasteiger partial charge in [-0.2, -0.15) is 0 Å². The van der Waals surface area contributed by atoms with Crippen LogP contribution in [0.15, 0.2) is 18.2 Å². The average molecular weight is 292 g/mol. The summed E-state index contributed by atoms with van der Waals surface area (Å²) in [6.07, 6.45) is 0. The number of nitrogens with zero attached hydrogens (tertiary/aromatic N) is 1. The zero-order valence-electron chi connectivity index (χ0n) is 10.9. The highest BCUT2D eigenvalue weighted by Gasteiger charge is 2.32. The lowest BCUT2D eigenvalue weighted by atomic mass is 10.1. The first kappa shape index (κ1) is 14.3. The van der Waals surface area contributed by atoms with Gasteiger partial charge in [-0.3, -0.25) is 24.1 Å². The highest BCUT2D eigenvalue weighted by molar-refractivity contribution is 8.14. The van der Waals surface area contributed by atoms with Gasteiger partial charge in [-0.15, -0.1) is 0 Å². The summed E-state index contributed by atoms with van der Waals surface area (Å²) in [4.78, 5) is 46.9. The zero-order chi connectivity index (χ0) is 14.9. The molecule has 0 atom stereocenters. The SMILES string of the molecule is CC(=O)SCC(=O)Nc1ccc2c(c1)C(=O)N(C)C2=O. The van der Waals surface area contributed by atoms with Crippen LogP contribution in [0.5, 0.6) is 0 Å². The minimum absolute atomic E-state index is 0.0131. The molecule has 0 spiro atoms. The van der Waals surface area contributed by atoms with Gasteiger partial charge in [0, 0.05) is 19.7 Å². The summed E-state index contributed by atoms with van der Waals surface area (Å²) in [6.45, 7) is 1.38. The highest BCUT2D eigenvalue weighted by atomic mass is 32.2. The van der Waals surface area contributed by atoms with Crippen molar-refractivity contribution in [2.45, 2.75) is 6.92 Å². The number of benzene rings is 1. The van der Waals surface area contributed by atoms with Gasteiger partial charge in [0.1, 0.15) is 0 Å². The molecule has 0 fully saturated rings. The Bertz CT molecular complexity index is 627. The lowest BCUT2D eigenvalue weighted by molar-refractivity contribution is -0.114. The van der Waals surface area contributed by atoms with Gasteiger partial charge in [-0.05, 0) is 18.2 Å². The Labute approximate surface area is 119 Å². The molecule has 0 unspecified atom stereocenters. The van der Waals surface area contributed by atoms with Crippen LogP contribution >= 0.6 is 11.8 Å². The van der Waals surface area contributed by atoms with Crippen LogP contribution < -0.4 is 5.32 Å². The molecule has 1 aromatic rings. The topological polar surface area (TPSA) is 83.6 Å². The van der Waals surface area contributed by atoms with E-state index < -0.39 is 0 Å². The number of carbonyl (C=O) groups excluding carboxylic acids is 4. The zero-order valence-corrected chi connectivity index (χ0v) is 11.7. The number of carbonyl (C=O) groups is 4. The van der Waals surface area contributed by atoms with Crippen LogP contribution in [-0.4, -0.2) is 40.5 Å². The summed E-state index contributed by atoms with van der Waals surface area (Å²) in [5, 5.41) is 2.44. The van der Waals surface area contributed by atoms with Crippen LogP contribution in [0.25, 0.3) is 0 Å². The third kappa shape index (κ3) is 2.72. The highest BCUT2D eigenvalue weighted by Crippen LogP contribution is 2.24. The molecule has 0 saturated carbocycles. The number of hydrogen-bond acceptors (Lipinski definition) is 5. The van der Waals surface area contributed by atoms with E-state index in [2.05, 4.69) is 5.32 Å². The fourth-order valence-electron chi connectivity index (χ4n) is 1.80. The van der Waals surface area contributed by atoms with Gasteiger partial charge in [0.05, 0.1) is 16.9 Å². The maximum atomic E-state index is 11.8. The van der Waals surface area contributed by atoms with Crippen LogP contribution in [-0.2, 0) is 9.59 Å². The van der Waals surface area contributed by atoms with Crippen molar-refractivity contribution in [3.8, 4) is 0 Å². The van der Waals surface area contributed by atoms with E-state index >= 15 is 0 Å². The van der Waals surface area contributed by atoms with Gasteiger partial charge in [-0.25, -0.2) is 0 Å². The Kier molecular flexibility index (Phi) is 3.89. The summed E-state index contributed by atoms with van der Waals surface area (Å²) in [5.74, 6) is -1.07. The number of thioether (sulfide) groups is 1. The smallest absolute Gasteiger partial charge is 0.261 e. The number of fused-ring (bicyclic) bond motifs is 1. The van der Waals surface area contributed by atoms with E-state index in [4.69, 9.17) is 0 Å². The minimum Gasteiger partial charge on any atom is -0.325 e. The molecule has 1 aromatic carbocycles. The van der Waals surface area contributed by atoms with Gasteiger partial charge in [0.15, 0.2) is 5.12 Å². The molecule has 1 heterocycles. The monoisotopic (exact) mass is 292 g/mol. The Balaban J connectivity index is 2.13. The molecular formula is C13H12N2O4S. The van der Waals surface area contributed by atoms with Crippen molar-refractivity contribution in [1.82, 2.24) is 4.90 Å². The van der Waals surface area contributed by atoms with Gasteiger partial charge < -0.3 is 5.32 Å². The average Bonchev–Trinajstić information content (AvgIpc) is 2.62. The molecule has 1 aliphatic rings. The van der Waals surface area contributed by atoms with Crippen LogP contribution in [0.1, 0.15) is 27.6 Å². The van der Waals surface area contributed by atoms with Crippen molar-refractivity contribution < 1.29 is 19.2 Å². The molecule has 6 nitrogen and oxygen atoms in total. The summed E-state index contributed by atoms with van der Waals surface area (Å²) >= 11 is 0.905. The molecule has 1 aliphatic heterocycles. The second-order valence-corrected chi connectivity index (χ2v) is 5.41. The van der Waals surface area contributed by atoms with Crippen LogP contribution in [0.3, 0.4) is 0 Å². The summed E-state index contributed by atoms with van der Waals surface area (Å²) in [7, 11) is 1.41. The first-order chi connectivity index (χ1) is 9.40. The fraction of sp³-hybridized carbons (Fsp3) is 0.231. The molecule has 0 radical (unpaired) electrons. The second kappa shape index (κ2) is 5.46. The molecule has 0 aliphatic carbocycles. The van der Waals surface area contributed by atoms with Crippen molar-refractivity contribution in [3.05, 3.63) is 29.3 Å². The predicted molar refractivity (Wildman–Crippen MR) is 74.6 cm³/mol. The molecular weight excluding hydrogens is 280 g/mol. The number of hydrogen-bond donors (Lipinski definition) is 1. The van der Waals surface area contributed by atoms with Gasteiger partial charge >= 0.3 is 0 Å². The van der Waals surface area contributed by atoms with E-state index in [1.54, 1.807) is 6.07 Å². The van der Waals surface area contributed by atoms with Gasteiger partial charge in [0.2, 0.25) is 5.91 Å². The molecule has 0 bridgehead atoms. The Hall–Kier alpha value is -2.15. The van der Waals surface area contributed by atoms with E-state index in [-0.39, 0.29) is 34.2 Å². The van der Waals surface area contributed by atoms with Crippen molar-refractivity contribution >= 4 is 40.3 Å². The summed E-state index contributed by atoms with van der Waals surface area (Å²) in [6, 6.07) is 4.53. The summed E-state index contributed by atoms with van der Waals surface area (Å²) < 4.78 is 0. The number of rotatable bonds is 3. The van der Waals surface area contributed by atoms with Gasteiger partial charge in [-0.1, -0.05) is 11.8 Å². The molecule has 7 heteroatoms. The third-order valence-corrected chi connectivity index (χ3v) is 3.59. The Morgan fingerprint density at radius 2 is 1.85 bits per heavy atom. The fourth-order valence-corrected chi connectivity index (χ4v) is 2.21. The number of nitrogens with one attached hydrogen (secondary N) is 1. The molecule has 104 valence electrons. The molecule has 0 aromatic heterocycles. The second-order valence-electron chi connectivity index (χ2n) is 4.26. The minimum atomic E-state index is -0.390. The van der Waals surface area contributed by atoms with Crippen LogP contribution in [0, 0.1) is 0 Å². The van der Waals surface area contributed by atoms with Crippen molar-refractivity contribution in [2.24, 2.45) is 0 Å². The number of anilines is 1. The lowest BCUT2D eigenvalue weighted by Gasteiger charge is -2.05. The lowest BCUT2D eigenvalue weighted by Crippen LogP contribution is -2.24. The van der Waals surface area contributed by atoms with Crippen LogP contribution in [0.2, 0.25) is 0 Å². The Morgan fingerprint density at radius 1 is 1.20 bits per heavy atom. The predicted octanol–water partition coefficient (Wildman–Crippen LogP) is 1.13. The number of amides is 3. The van der Waals surface area contributed by atoms with E-state index in [1.807, 2.05) is 0 Å². The van der Waals surface area contributed by atoms with Crippen molar-refractivity contribution in [2.75, 3.05) is 18.1 Å². The van der Waals surface area contributed by atoms with Crippen molar-refractivity contribution in [3.63, 3.8) is 0 Å². The first-order valence-corrected chi connectivity index (χ1v) is 6.78. The van der Waals surface area contributed by atoms with E-state index in [1.165, 1.54) is 26.1 Å². The maximum absolute atomic E-state index is 11.8. The summed E-state index contributed by atoms with van der Waals surface area (Å²) in [5.41, 5.74) is 1.03. The normalized spacial score (nSPS) is 13.4. The number of imide groups is 1. The molecule has 2 rings (SSSR count). The molecule has 3 amide bonds. The maximum Gasteiger partial charge on any atom is 0.261 e. The quantitative estimate of drug-likeness (QED) is 0.844. The molecule has 0 saturated heterocycles. The van der Waals surface area contributed by atoms with Gasteiger partial charge in [0.25, 0.3) is 11.8 Å². The standard InChI is InChI=1S/C13H12N2O4S/c1-7(16)20-6-11(17)14-8-3-4-9-10(5-8)13(19)15(2)12(9)18/h3-5H,6H2,1-2H3,(H,14,17). The molecule has 20 heavy (non-hydrogen) atoms. The van der Waals surface area contributed by atoms with E-state index in [0.717, 1.165) is 16.7 Å². The largest absolute Gasteiger partial charge is 0.325 e. The first-order valence-electron chi connectivity index (χ1n) is 5.80. The van der Waals surface area contributed by atoms with E-state index in [0.29, 0.717) is 11.3 Å². The Morgan fingerprint density at radius 3 is 2.50 bits per heavy atom. The molecule has 1 N–H and O–H groups in total. The third-order valence-electron chi connectivity index (χ3n) is 2.78.